The Morgan fingerprint density at radius 3 is 2.20 bits per heavy atom. The summed E-state index contributed by atoms with van der Waals surface area (Å²) in [6, 6.07) is 8.46. The number of isocyanates is 2. The van der Waals surface area contributed by atoms with Crippen LogP contribution in [0.25, 0.3) is 0 Å². The summed E-state index contributed by atoms with van der Waals surface area (Å²) >= 11 is 0. The van der Waals surface area contributed by atoms with Crippen LogP contribution in [-0.2, 0) is 16.0 Å². The highest BCUT2D eigenvalue weighted by atomic mass is 16.1. The van der Waals surface area contributed by atoms with Crippen molar-refractivity contribution in [2.45, 2.75) is 6.42 Å². The van der Waals surface area contributed by atoms with E-state index in [4.69, 9.17) is 20.4 Å². The van der Waals surface area contributed by atoms with Crippen molar-refractivity contribution < 1.29 is 9.59 Å². The van der Waals surface area contributed by atoms with Crippen molar-refractivity contribution in [2.24, 2.45) is 0 Å². The summed E-state index contributed by atoms with van der Waals surface area (Å²) in [7, 11) is 0. The lowest BCUT2D eigenvalue weighted by molar-refractivity contribution is 0.562. The quantitative estimate of drug-likeness (QED) is 0.442. The Bertz CT molecular complexity index is 330. The van der Waals surface area contributed by atoms with Crippen LogP contribution in [0.15, 0.2) is 24.3 Å². The van der Waals surface area contributed by atoms with E-state index in [0.717, 1.165) is 18.7 Å². The minimum atomic E-state index is 0.750. The summed E-state index contributed by atoms with van der Waals surface area (Å²) in [5.41, 5.74) is 2.77. The molecule has 1 heterocycles. The molecule has 1 aliphatic rings. The monoisotopic (exact) mass is 205 g/mol. The number of anilines is 1. The lowest BCUT2D eigenvalue weighted by atomic mass is 10.2. The van der Waals surface area contributed by atoms with E-state index in [0.29, 0.717) is 0 Å². The first kappa shape index (κ1) is 12.8. The molecule has 0 radical (unpaired) electrons. The molecule has 0 spiro atoms. The molecule has 0 aromatic heterocycles. The fourth-order valence-electron chi connectivity index (χ4n) is 1.24. The molecule has 0 saturated heterocycles. The molecule has 2 rings (SSSR count). The predicted octanol–water partition coefficient (Wildman–Crippen LogP) is 1.46. The topological polar surface area (TPSA) is 93.9 Å². The molecule has 1 aromatic carbocycles. The minimum absolute atomic E-state index is 0.750. The van der Waals surface area contributed by atoms with Gasteiger partial charge in [-0.3, -0.25) is 0 Å². The average Bonchev–Trinajstić information content (AvgIpc) is 2.67. The van der Waals surface area contributed by atoms with Gasteiger partial charge in [-0.1, -0.05) is 18.2 Å². The van der Waals surface area contributed by atoms with Crippen LogP contribution in [0.4, 0.5) is 5.69 Å². The molecule has 1 aliphatic heterocycles. The van der Waals surface area contributed by atoms with Gasteiger partial charge in [-0.15, -0.1) is 0 Å². The van der Waals surface area contributed by atoms with Crippen molar-refractivity contribution in [2.75, 3.05) is 11.9 Å². The molecule has 0 unspecified atom stereocenters. The van der Waals surface area contributed by atoms with Crippen LogP contribution in [-0.4, -0.2) is 18.7 Å². The maximum Gasteiger partial charge on any atom is 0.231 e. The number of nitrogens with one attached hydrogen (secondary N) is 3. The number of carbonyl (C=O) groups excluding carboxylic acids is 2. The van der Waals surface area contributed by atoms with Gasteiger partial charge in [0.15, 0.2) is 0 Å². The average molecular weight is 205 g/mol. The second kappa shape index (κ2) is 8.38. The molecule has 3 N–H and O–H groups in total. The van der Waals surface area contributed by atoms with E-state index in [9.17, 15) is 0 Å². The van der Waals surface area contributed by atoms with Crippen LogP contribution in [0.1, 0.15) is 5.56 Å². The van der Waals surface area contributed by atoms with Gasteiger partial charge >= 0.3 is 0 Å². The van der Waals surface area contributed by atoms with Gasteiger partial charge in [-0.05, 0) is 18.1 Å². The smallest absolute Gasteiger partial charge is 0.231 e. The Labute approximate surface area is 87.1 Å². The largest absolute Gasteiger partial charge is 0.384 e. The molecule has 5 heteroatoms. The maximum absolute atomic E-state index is 8.35. The number of hydrogen-bond acceptors (Lipinski definition) is 5. The van der Waals surface area contributed by atoms with E-state index < -0.39 is 0 Å². The van der Waals surface area contributed by atoms with Gasteiger partial charge in [0.2, 0.25) is 12.2 Å². The van der Waals surface area contributed by atoms with Crippen LogP contribution < -0.4 is 5.32 Å². The summed E-state index contributed by atoms with van der Waals surface area (Å²) in [5.74, 6) is 0. The summed E-state index contributed by atoms with van der Waals surface area (Å²) in [6.07, 6.45) is 2.69. The van der Waals surface area contributed by atoms with Crippen molar-refractivity contribution in [1.82, 2.24) is 0 Å². The third-order valence-electron chi connectivity index (χ3n) is 1.73. The Balaban J connectivity index is 0.000000280. The number of hydrogen-bond donors (Lipinski definition) is 3. The molecule has 1 aromatic rings. The lowest BCUT2D eigenvalue weighted by Gasteiger charge is -1.94. The molecular weight excluding hydrogens is 194 g/mol. The van der Waals surface area contributed by atoms with E-state index in [1.54, 1.807) is 0 Å². The van der Waals surface area contributed by atoms with Crippen LogP contribution in [0, 0.1) is 10.8 Å². The Hall–Kier alpha value is -2.22. The van der Waals surface area contributed by atoms with E-state index in [-0.39, 0.29) is 0 Å². The molecule has 0 amide bonds. The summed E-state index contributed by atoms with van der Waals surface area (Å²) < 4.78 is 0. The van der Waals surface area contributed by atoms with Crippen molar-refractivity contribution in [1.29, 1.82) is 10.8 Å². The molecule has 78 valence electrons. The lowest BCUT2D eigenvalue weighted by Crippen LogP contribution is -1.90. The van der Waals surface area contributed by atoms with Gasteiger partial charge in [-0.25, -0.2) is 20.4 Å². The number of para-hydroxylation sites is 1. The van der Waals surface area contributed by atoms with Gasteiger partial charge in [-0.2, -0.15) is 0 Å². The molecular formula is C10H11N3O2. The molecule has 0 bridgehead atoms. The number of benzene rings is 1. The normalized spacial score (nSPS) is 9.87. The highest BCUT2D eigenvalue weighted by Crippen LogP contribution is 2.19. The molecule has 0 fully saturated rings. The fraction of sp³-hybridized carbons (Fsp3) is 0.200. The first-order valence-electron chi connectivity index (χ1n) is 4.19. The van der Waals surface area contributed by atoms with Gasteiger partial charge in [0, 0.05) is 12.2 Å². The second-order valence-corrected chi connectivity index (χ2v) is 2.54. The first-order chi connectivity index (χ1) is 7.29. The van der Waals surface area contributed by atoms with E-state index in [1.807, 2.05) is 0 Å². The molecule has 0 aliphatic carbocycles. The highest BCUT2D eigenvalue weighted by molar-refractivity contribution is 5.54. The van der Waals surface area contributed by atoms with Crippen LogP contribution >= 0.6 is 0 Å². The van der Waals surface area contributed by atoms with Crippen LogP contribution in [0.5, 0.6) is 0 Å². The zero-order valence-electron chi connectivity index (χ0n) is 8.04. The molecule has 0 atom stereocenters. The standard InChI is InChI=1S/C8H9N.2CHNO/c1-2-4-8-7(3-1)5-6-9-8;2*2-1-3/h1-4,9H,5-6H2;2*2H. The SMILES string of the molecule is N=C=O.N=C=O.c1ccc2c(c1)CCN2. The summed E-state index contributed by atoms with van der Waals surface area (Å²) in [4.78, 5) is 16.7. The Morgan fingerprint density at radius 2 is 1.67 bits per heavy atom. The van der Waals surface area contributed by atoms with Crippen molar-refractivity contribution in [3.8, 4) is 0 Å². The Morgan fingerprint density at radius 1 is 1.13 bits per heavy atom. The summed E-state index contributed by atoms with van der Waals surface area (Å²) in [6.45, 7) is 1.11. The highest BCUT2D eigenvalue weighted by Gasteiger charge is 2.05. The summed E-state index contributed by atoms with van der Waals surface area (Å²) in [5, 5.41) is 14.1. The number of rotatable bonds is 0. The van der Waals surface area contributed by atoms with E-state index in [1.165, 1.54) is 17.7 Å². The molecule has 15 heavy (non-hydrogen) atoms. The molecule has 5 nitrogen and oxygen atoms in total. The van der Waals surface area contributed by atoms with E-state index in [2.05, 4.69) is 29.6 Å². The van der Waals surface area contributed by atoms with Gasteiger partial charge in [0.25, 0.3) is 0 Å². The van der Waals surface area contributed by atoms with Gasteiger partial charge < -0.3 is 5.32 Å². The maximum atomic E-state index is 8.35. The zero-order valence-corrected chi connectivity index (χ0v) is 8.04. The van der Waals surface area contributed by atoms with Crippen LogP contribution in [0.3, 0.4) is 0 Å². The van der Waals surface area contributed by atoms with Crippen molar-refractivity contribution in [3.63, 3.8) is 0 Å². The van der Waals surface area contributed by atoms with Crippen molar-refractivity contribution >= 4 is 17.8 Å². The van der Waals surface area contributed by atoms with Gasteiger partial charge in [0.05, 0.1) is 0 Å². The van der Waals surface area contributed by atoms with Gasteiger partial charge in [0.1, 0.15) is 0 Å². The second-order valence-electron chi connectivity index (χ2n) is 2.54. The molecule has 0 saturated carbocycles. The van der Waals surface area contributed by atoms with Crippen LogP contribution in [0.2, 0.25) is 0 Å². The predicted molar refractivity (Wildman–Crippen MR) is 55.5 cm³/mol. The third kappa shape index (κ3) is 5.16. The fourth-order valence-corrected chi connectivity index (χ4v) is 1.24. The minimum Gasteiger partial charge on any atom is -0.384 e. The zero-order chi connectivity index (χ0) is 11.5. The first-order valence-corrected chi connectivity index (χ1v) is 4.19. The number of fused-ring (bicyclic) bond motifs is 1. The van der Waals surface area contributed by atoms with Crippen molar-refractivity contribution in [3.05, 3.63) is 29.8 Å². The van der Waals surface area contributed by atoms with E-state index >= 15 is 0 Å². The third-order valence-corrected chi connectivity index (χ3v) is 1.73. The Kier molecular flexibility index (Phi) is 7.14.